The summed E-state index contributed by atoms with van der Waals surface area (Å²) in [6, 6.07) is 0. The molecule has 0 aliphatic heterocycles. The fourth-order valence-electron chi connectivity index (χ4n) is 0.871. The predicted octanol–water partition coefficient (Wildman–Crippen LogP) is 2.01. The lowest BCUT2D eigenvalue weighted by atomic mass is 10.2. The molecule has 0 atom stereocenters. The van der Waals surface area contributed by atoms with Crippen LogP contribution in [-0.4, -0.2) is 22.7 Å². The average Bonchev–Trinajstić information content (AvgIpc) is 2.52. The number of nitrogens with zero attached hydrogens (tertiary/aromatic N) is 1. The molecule has 14 heavy (non-hydrogen) atoms. The minimum Gasteiger partial charge on any atom is -0.476 e. The summed E-state index contributed by atoms with van der Waals surface area (Å²) in [6.07, 6.45) is 0. The van der Waals surface area contributed by atoms with E-state index in [4.69, 9.17) is 9.84 Å². The van der Waals surface area contributed by atoms with Gasteiger partial charge in [0.2, 0.25) is 5.01 Å². The van der Waals surface area contributed by atoms with Crippen molar-refractivity contribution in [2.75, 3.05) is 6.61 Å². The smallest absolute Gasteiger partial charge is 0.365 e. The second-order valence-corrected chi connectivity index (χ2v) is 4.22. The van der Waals surface area contributed by atoms with Crippen LogP contribution in [0.1, 0.15) is 29.3 Å². The molecule has 0 bridgehead atoms. The molecule has 1 rings (SSSR count). The fraction of sp³-hybridized carbons (Fsp3) is 0.556. The molecule has 4 nitrogen and oxygen atoms in total. The molecule has 78 valence electrons. The number of hydrogen-bond donors (Lipinski definition) is 1. The first-order valence-electron chi connectivity index (χ1n) is 4.35. The summed E-state index contributed by atoms with van der Waals surface area (Å²) in [5.41, 5.74) is 0.688. The number of carbonyl (C=O) groups is 1. The first-order valence-corrected chi connectivity index (χ1v) is 5.23. The highest BCUT2D eigenvalue weighted by atomic mass is 32.1. The van der Waals surface area contributed by atoms with Gasteiger partial charge in [0, 0.05) is 12.0 Å². The van der Waals surface area contributed by atoms with Gasteiger partial charge >= 0.3 is 5.97 Å². The van der Waals surface area contributed by atoms with Crippen molar-refractivity contribution >= 4 is 17.3 Å². The molecular weight excluding hydrogens is 202 g/mol. The number of carboxylic acid groups (broad SMARTS) is 1. The molecule has 0 aromatic carbocycles. The minimum absolute atomic E-state index is 0.119. The minimum atomic E-state index is -0.981. The van der Waals surface area contributed by atoms with E-state index in [9.17, 15) is 4.79 Å². The average molecular weight is 215 g/mol. The predicted molar refractivity (Wildman–Crippen MR) is 53.6 cm³/mol. The lowest BCUT2D eigenvalue weighted by Gasteiger charge is -2.03. The van der Waals surface area contributed by atoms with Gasteiger partial charge in [0.05, 0.1) is 12.3 Å². The zero-order chi connectivity index (χ0) is 10.6. The normalized spacial score (nSPS) is 10.8. The Hall–Kier alpha value is -0.940. The Balaban J connectivity index is 2.40. The molecule has 1 N–H and O–H groups in total. The molecule has 0 aliphatic carbocycles. The van der Waals surface area contributed by atoms with Crippen LogP contribution in [-0.2, 0) is 11.3 Å². The van der Waals surface area contributed by atoms with Crippen LogP contribution < -0.4 is 0 Å². The maximum Gasteiger partial charge on any atom is 0.365 e. The molecule has 1 aromatic heterocycles. The second-order valence-electron chi connectivity index (χ2n) is 3.36. The highest BCUT2D eigenvalue weighted by Crippen LogP contribution is 2.10. The molecular formula is C9H13NO3S. The van der Waals surface area contributed by atoms with Crippen molar-refractivity contribution in [2.45, 2.75) is 20.5 Å². The fourth-order valence-corrected chi connectivity index (χ4v) is 1.51. The molecule has 1 heterocycles. The van der Waals surface area contributed by atoms with E-state index in [-0.39, 0.29) is 5.01 Å². The Bertz CT molecular complexity index is 309. The van der Waals surface area contributed by atoms with Crippen molar-refractivity contribution in [3.05, 3.63) is 16.1 Å². The van der Waals surface area contributed by atoms with E-state index < -0.39 is 5.97 Å². The molecule has 0 saturated carbocycles. The first kappa shape index (κ1) is 11.1. The van der Waals surface area contributed by atoms with Crippen LogP contribution in [0, 0.1) is 5.92 Å². The summed E-state index contributed by atoms with van der Waals surface area (Å²) in [7, 11) is 0. The maximum absolute atomic E-state index is 10.5. The Morgan fingerprint density at radius 3 is 2.93 bits per heavy atom. The van der Waals surface area contributed by atoms with Crippen molar-refractivity contribution in [3.63, 3.8) is 0 Å². The molecule has 0 aliphatic rings. The van der Waals surface area contributed by atoms with E-state index >= 15 is 0 Å². The topological polar surface area (TPSA) is 59.4 Å². The van der Waals surface area contributed by atoms with Crippen LogP contribution in [0.4, 0.5) is 0 Å². The lowest BCUT2D eigenvalue weighted by molar-refractivity contribution is 0.0694. The first-order chi connectivity index (χ1) is 6.59. The van der Waals surface area contributed by atoms with E-state index in [0.29, 0.717) is 24.8 Å². The number of hydrogen-bond acceptors (Lipinski definition) is 4. The third-order valence-electron chi connectivity index (χ3n) is 1.44. The molecule has 5 heteroatoms. The molecule has 0 amide bonds. The van der Waals surface area contributed by atoms with Gasteiger partial charge in [-0.2, -0.15) is 0 Å². The van der Waals surface area contributed by atoms with Crippen molar-refractivity contribution in [1.29, 1.82) is 0 Å². The van der Waals surface area contributed by atoms with Gasteiger partial charge < -0.3 is 9.84 Å². The SMILES string of the molecule is CC(C)COCc1csc(C(=O)O)n1. The zero-order valence-electron chi connectivity index (χ0n) is 8.19. The van der Waals surface area contributed by atoms with Gasteiger partial charge in [-0.15, -0.1) is 11.3 Å². The number of aromatic nitrogens is 1. The van der Waals surface area contributed by atoms with Gasteiger partial charge in [-0.1, -0.05) is 13.8 Å². The number of ether oxygens (including phenoxy) is 1. The number of thiazole rings is 1. The van der Waals surface area contributed by atoms with Crippen LogP contribution in [0.25, 0.3) is 0 Å². The van der Waals surface area contributed by atoms with Crippen molar-refractivity contribution in [3.8, 4) is 0 Å². The Morgan fingerprint density at radius 1 is 1.71 bits per heavy atom. The summed E-state index contributed by atoms with van der Waals surface area (Å²) in [4.78, 5) is 14.4. The van der Waals surface area contributed by atoms with Crippen molar-refractivity contribution < 1.29 is 14.6 Å². The molecule has 0 saturated heterocycles. The van der Waals surface area contributed by atoms with E-state index in [1.165, 1.54) is 0 Å². The number of rotatable bonds is 5. The Morgan fingerprint density at radius 2 is 2.43 bits per heavy atom. The monoisotopic (exact) mass is 215 g/mol. The van der Waals surface area contributed by atoms with Crippen LogP contribution >= 0.6 is 11.3 Å². The molecule has 0 spiro atoms. The van der Waals surface area contributed by atoms with Crippen molar-refractivity contribution in [1.82, 2.24) is 4.98 Å². The standard InChI is InChI=1S/C9H13NO3S/c1-6(2)3-13-4-7-5-14-8(10-7)9(11)12/h5-6H,3-4H2,1-2H3,(H,11,12). The maximum atomic E-state index is 10.5. The second kappa shape index (κ2) is 5.07. The van der Waals surface area contributed by atoms with Crippen molar-refractivity contribution in [2.24, 2.45) is 5.92 Å². The van der Waals surface area contributed by atoms with Crippen LogP contribution in [0.3, 0.4) is 0 Å². The number of carboxylic acids is 1. The summed E-state index contributed by atoms with van der Waals surface area (Å²) in [5.74, 6) is -0.502. The largest absolute Gasteiger partial charge is 0.476 e. The summed E-state index contributed by atoms with van der Waals surface area (Å²) in [6.45, 7) is 5.18. The van der Waals surface area contributed by atoms with Gasteiger partial charge in [0.1, 0.15) is 0 Å². The van der Waals surface area contributed by atoms with Crippen LogP contribution in [0.15, 0.2) is 5.38 Å². The van der Waals surface area contributed by atoms with E-state index in [2.05, 4.69) is 18.8 Å². The van der Waals surface area contributed by atoms with Gasteiger partial charge in [-0.25, -0.2) is 9.78 Å². The molecule has 0 unspecified atom stereocenters. The van der Waals surface area contributed by atoms with Gasteiger partial charge in [-0.05, 0) is 5.92 Å². The zero-order valence-corrected chi connectivity index (χ0v) is 9.00. The number of aromatic carboxylic acids is 1. The van der Waals surface area contributed by atoms with Gasteiger partial charge in [0.25, 0.3) is 0 Å². The van der Waals surface area contributed by atoms with Gasteiger partial charge in [-0.3, -0.25) is 0 Å². The third-order valence-corrected chi connectivity index (χ3v) is 2.31. The van der Waals surface area contributed by atoms with Crippen LogP contribution in [0.5, 0.6) is 0 Å². The van der Waals surface area contributed by atoms with E-state index in [0.717, 1.165) is 11.3 Å². The summed E-state index contributed by atoms with van der Waals surface area (Å²) < 4.78 is 5.33. The molecule has 1 aromatic rings. The highest BCUT2D eigenvalue weighted by Gasteiger charge is 2.08. The Labute approximate surface area is 86.6 Å². The lowest BCUT2D eigenvalue weighted by Crippen LogP contribution is -2.02. The summed E-state index contributed by atoms with van der Waals surface area (Å²) in [5, 5.41) is 10.4. The highest BCUT2D eigenvalue weighted by molar-refractivity contribution is 7.11. The Kier molecular flexibility index (Phi) is 4.03. The van der Waals surface area contributed by atoms with Gasteiger partial charge in [0.15, 0.2) is 0 Å². The summed E-state index contributed by atoms with van der Waals surface area (Å²) >= 11 is 1.13. The molecule has 0 fully saturated rings. The van der Waals surface area contributed by atoms with E-state index in [1.807, 2.05) is 0 Å². The van der Waals surface area contributed by atoms with Crippen LogP contribution in [0.2, 0.25) is 0 Å². The molecule has 0 radical (unpaired) electrons. The quantitative estimate of drug-likeness (QED) is 0.816. The van der Waals surface area contributed by atoms with E-state index in [1.54, 1.807) is 5.38 Å². The third kappa shape index (κ3) is 3.43.